The molecule has 0 aliphatic heterocycles. The van der Waals surface area contributed by atoms with Crippen LogP contribution in [0.4, 0.5) is 10.6 Å². The summed E-state index contributed by atoms with van der Waals surface area (Å²) in [7, 11) is 0. The number of nitrogens with zero attached hydrogens (tertiary/aromatic N) is 5. The molecule has 0 saturated carbocycles. The van der Waals surface area contributed by atoms with Crippen molar-refractivity contribution in [3.63, 3.8) is 0 Å². The molecule has 0 unspecified atom stereocenters. The fourth-order valence-corrected chi connectivity index (χ4v) is 3.44. The maximum Gasteiger partial charge on any atom is 0.416 e. The third-order valence-electron chi connectivity index (χ3n) is 3.46. The Hall–Kier alpha value is -1.71. The summed E-state index contributed by atoms with van der Waals surface area (Å²) in [5.74, 6) is 0.371. The Balaban J connectivity index is 2.15. The number of hydrogen-bond donors (Lipinski definition) is 0. The van der Waals surface area contributed by atoms with Crippen LogP contribution in [0, 0.1) is 6.92 Å². The summed E-state index contributed by atoms with van der Waals surface area (Å²) in [4.78, 5) is 18.7. The largest absolute Gasteiger partial charge is 0.443 e. The number of fused-ring (bicyclic) bond motifs is 1. The van der Waals surface area contributed by atoms with Crippen molar-refractivity contribution in [1.82, 2.24) is 19.0 Å². The topological polar surface area (TPSA) is 72.6 Å². The van der Waals surface area contributed by atoms with E-state index in [0.29, 0.717) is 11.3 Å². The Labute approximate surface area is 168 Å². The van der Waals surface area contributed by atoms with Crippen LogP contribution in [-0.4, -0.2) is 30.7 Å². The number of aromatic nitrogens is 4. The summed E-state index contributed by atoms with van der Waals surface area (Å²) < 4.78 is 12.3. The fourth-order valence-electron chi connectivity index (χ4n) is 2.37. The summed E-state index contributed by atoms with van der Waals surface area (Å²) in [6.07, 6.45) is 1.25. The van der Waals surface area contributed by atoms with E-state index in [2.05, 4.69) is 30.4 Å². The summed E-state index contributed by atoms with van der Waals surface area (Å²) in [6, 6.07) is 1.85. The van der Waals surface area contributed by atoms with Crippen molar-refractivity contribution in [2.45, 2.75) is 39.8 Å². The highest BCUT2D eigenvalue weighted by molar-refractivity contribution is 9.10. The van der Waals surface area contributed by atoms with Crippen molar-refractivity contribution in [2.75, 3.05) is 4.90 Å². The van der Waals surface area contributed by atoms with E-state index in [-0.39, 0.29) is 11.8 Å². The molecule has 0 bridgehead atoms. The fraction of sp³-hybridized carbons (Fsp3) is 0.375. The first kappa shape index (κ1) is 19.1. The molecule has 0 aromatic carbocycles. The van der Waals surface area contributed by atoms with E-state index in [1.807, 2.05) is 39.1 Å². The molecule has 7 nitrogen and oxygen atoms in total. The van der Waals surface area contributed by atoms with Gasteiger partial charge in [0.15, 0.2) is 5.82 Å². The molecule has 0 aliphatic carbocycles. The summed E-state index contributed by atoms with van der Waals surface area (Å²) in [6.45, 7) is 7.56. The van der Waals surface area contributed by atoms with Crippen LogP contribution in [-0.2, 0) is 11.3 Å². The average molecular weight is 459 g/mol. The van der Waals surface area contributed by atoms with Crippen LogP contribution < -0.4 is 4.90 Å². The van der Waals surface area contributed by atoms with Crippen molar-refractivity contribution >= 4 is 56.5 Å². The number of carbonyl (C=O) groups is 1. The lowest BCUT2D eigenvalue weighted by Crippen LogP contribution is -2.37. The van der Waals surface area contributed by atoms with E-state index in [0.717, 1.165) is 15.7 Å². The van der Waals surface area contributed by atoms with Gasteiger partial charge in [0.2, 0.25) is 5.28 Å². The van der Waals surface area contributed by atoms with Crippen LogP contribution in [0.2, 0.25) is 5.28 Å². The molecule has 0 atom stereocenters. The van der Waals surface area contributed by atoms with Gasteiger partial charge in [-0.1, -0.05) is 0 Å². The Morgan fingerprint density at radius 1 is 1.46 bits per heavy atom. The molecule has 3 aromatic heterocycles. The van der Waals surface area contributed by atoms with Crippen LogP contribution in [0.25, 0.3) is 5.52 Å². The van der Waals surface area contributed by atoms with E-state index >= 15 is 0 Å². The van der Waals surface area contributed by atoms with Gasteiger partial charge in [0.25, 0.3) is 0 Å². The third-order valence-corrected chi connectivity index (χ3v) is 5.02. The van der Waals surface area contributed by atoms with E-state index in [1.54, 1.807) is 10.7 Å². The standard InChI is InChI=1S/C16H17BrClN5O2S/c1-9-11(17)8-23-12(9)13(19-14(18)20-23)22(7-10-5-6-26-21-10)15(24)25-16(2,3)4/h5-6,8H,7H2,1-4H3. The van der Waals surface area contributed by atoms with Gasteiger partial charge in [-0.25, -0.2) is 9.31 Å². The number of ether oxygens (including phenoxy) is 1. The predicted octanol–water partition coefficient (Wildman–Crippen LogP) is 4.85. The highest BCUT2D eigenvalue weighted by Gasteiger charge is 2.28. The molecule has 26 heavy (non-hydrogen) atoms. The number of halogens is 2. The van der Waals surface area contributed by atoms with Gasteiger partial charge in [0.05, 0.1) is 12.2 Å². The molecule has 0 radical (unpaired) electrons. The van der Waals surface area contributed by atoms with Crippen LogP contribution in [0.1, 0.15) is 32.0 Å². The summed E-state index contributed by atoms with van der Waals surface area (Å²) >= 11 is 10.9. The Kier molecular flexibility index (Phi) is 5.23. The molecular formula is C16H17BrClN5O2S. The minimum absolute atomic E-state index is 0.0295. The highest BCUT2D eigenvalue weighted by Crippen LogP contribution is 2.31. The lowest BCUT2D eigenvalue weighted by Gasteiger charge is -2.26. The number of hydrogen-bond acceptors (Lipinski definition) is 6. The molecule has 3 rings (SSSR count). The van der Waals surface area contributed by atoms with E-state index < -0.39 is 11.7 Å². The molecule has 0 N–H and O–H groups in total. The Bertz CT molecular complexity index is 952. The molecule has 10 heteroatoms. The van der Waals surface area contributed by atoms with Crippen LogP contribution >= 0.6 is 39.1 Å². The first-order chi connectivity index (χ1) is 12.2. The zero-order valence-electron chi connectivity index (χ0n) is 14.7. The molecule has 0 fully saturated rings. The molecular weight excluding hydrogens is 442 g/mol. The highest BCUT2D eigenvalue weighted by atomic mass is 79.9. The Morgan fingerprint density at radius 3 is 2.81 bits per heavy atom. The van der Waals surface area contributed by atoms with Gasteiger partial charge in [-0.2, -0.15) is 9.36 Å². The molecule has 138 valence electrons. The second kappa shape index (κ2) is 7.13. The number of anilines is 1. The SMILES string of the molecule is Cc1c(Br)cn2nc(Cl)nc(N(Cc3ccsn3)C(=O)OC(C)(C)C)c12. The molecule has 0 aliphatic rings. The first-order valence-electron chi connectivity index (χ1n) is 7.76. The molecule has 3 heterocycles. The average Bonchev–Trinajstić information content (AvgIpc) is 3.11. The van der Waals surface area contributed by atoms with Crippen molar-refractivity contribution in [3.05, 3.63) is 38.7 Å². The summed E-state index contributed by atoms with van der Waals surface area (Å²) in [5.41, 5.74) is 1.64. The number of aryl methyl sites for hydroxylation is 1. The lowest BCUT2D eigenvalue weighted by molar-refractivity contribution is 0.0576. The number of amides is 1. The van der Waals surface area contributed by atoms with Crippen LogP contribution in [0.15, 0.2) is 22.1 Å². The van der Waals surface area contributed by atoms with E-state index in [1.165, 1.54) is 16.4 Å². The molecule has 1 amide bonds. The van der Waals surface area contributed by atoms with E-state index in [4.69, 9.17) is 16.3 Å². The lowest BCUT2D eigenvalue weighted by atomic mass is 10.2. The van der Waals surface area contributed by atoms with Crippen LogP contribution in [0.5, 0.6) is 0 Å². The molecule has 3 aromatic rings. The Morgan fingerprint density at radius 2 is 2.19 bits per heavy atom. The van der Waals surface area contributed by atoms with Crippen LogP contribution in [0.3, 0.4) is 0 Å². The molecule has 0 spiro atoms. The van der Waals surface area contributed by atoms with Gasteiger partial charge in [-0.3, -0.25) is 4.90 Å². The first-order valence-corrected chi connectivity index (χ1v) is 9.77. The predicted molar refractivity (Wildman–Crippen MR) is 105 cm³/mol. The minimum Gasteiger partial charge on any atom is -0.443 e. The quantitative estimate of drug-likeness (QED) is 0.561. The van der Waals surface area contributed by atoms with Crippen molar-refractivity contribution < 1.29 is 9.53 Å². The summed E-state index contributed by atoms with van der Waals surface area (Å²) in [5, 5.41) is 6.06. The van der Waals surface area contributed by atoms with E-state index in [9.17, 15) is 4.79 Å². The monoisotopic (exact) mass is 457 g/mol. The van der Waals surface area contributed by atoms with Crippen molar-refractivity contribution in [3.8, 4) is 0 Å². The van der Waals surface area contributed by atoms with Gasteiger partial charge < -0.3 is 4.74 Å². The van der Waals surface area contributed by atoms with Gasteiger partial charge in [0, 0.05) is 16.0 Å². The van der Waals surface area contributed by atoms with Crippen molar-refractivity contribution in [2.24, 2.45) is 0 Å². The van der Waals surface area contributed by atoms with Gasteiger partial charge in [-0.05, 0) is 78.4 Å². The normalized spacial score (nSPS) is 11.8. The third kappa shape index (κ3) is 3.99. The maximum absolute atomic E-state index is 12.9. The van der Waals surface area contributed by atoms with Gasteiger partial charge >= 0.3 is 6.09 Å². The second-order valence-corrected chi connectivity index (χ2v) is 8.51. The molecule has 0 saturated heterocycles. The van der Waals surface area contributed by atoms with Gasteiger partial charge in [-0.15, -0.1) is 5.10 Å². The smallest absolute Gasteiger partial charge is 0.416 e. The van der Waals surface area contributed by atoms with Crippen molar-refractivity contribution in [1.29, 1.82) is 0 Å². The maximum atomic E-state index is 12.9. The zero-order chi connectivity index (χ0) is 19.1. The minimum atomic E-state index is -0.651. The zero-order valence-corrected chi connectivity index (χ0v) is 17.8. The number of rotatable bonds is 3. The second-order valence-electron chi connectivity index (χ2n) is 6.66. The van der Waals surface area contributed by atoms with Gasteiger partial charge in [0.1, 0.15) is 11.1 Å². The number of carbonyl (C=O) groups excluding carboxylic acids is 1.